The predicted molar refractivity (Wildman–Crippen MR) is 82.1 cm³/mol. The summed E-state index contributed by atoms with van der Waals surface area (Å²) in [6, 6.07) is 0. The van der Waals surface area contributed by atoms with Crippen LogP contribution >= 0.6 is 0 Å². The van der Waals surface area contributed by atoms with Gasteiger partial charge in [-0.3, -0.25) is 0 Å². The van der Waals surface area contributed by atoms with Crippen LogP contribution in [0, 0.1) is 24.2 Å². The smallest absolute Gasteiger partial charge is 0.330 e. The van der Waals surface area contributed by atoms with Crippen molar-refractivity contribution in [2.24, 2.45) is 17.8 Å². The van der Waals surface area contributed by atoms with Crippen LogP contribution in [-0.4, -0.2) is 12.6 Å². The van der Waals surface area contributed by atoms with Crippen LogP contribution in [0.15, 0.2) is 12.2 Å². The van der Waals surface area contributed by atoms with Gasteiger partial charge in [-0.25, -0.2) is 4.79 Å². The summed E-state index contributed by atoms with van der Waals surface area (Å²) in [6.07, 6.45) is 17.8. The summed E-state index contributed by atoms with van der Waals surface area (Å²) in [4.78, 5) is 11.4. The van der Waals surface area contributed by atoms with E-state index in [1.807, 2.05) is 6.92 Å². The molecule has 2 aliphatic rings. The van der Waals surface area contributed by atoms with Crippen LogP contribution in [0.4, 0.5) is 0 Å². The maximum absolute atomic E-state index is 11.4. The molecule has 2 nitrogen and oxygen atoms in total. The Kier molecular flexibility index (Phi) is 10.1. The van der Waals surface area contributed by atoms with Crippen molar-refractivity contribution < 1.29 is 42.2 Å². The summed E-state index contributed by atoms with van der Waals surface area (Å²) < 4.78 is 5.07. The van der Waals surface area contributed by atoms with Crippen molar-refractivity contribution in [2.75, 3.05) is 6.61 Å². The van der Waals surface area contributed by atoms with E-state index in [1.165, 1.54) is 51.4 Å². The molecule has 0 spiro atoms. The fourth-order valence-corrected chi connectivity index (χ4v) is 3.70. The van der Waals surface area contributed by atoms with E-state index >= 15 is 0 Å². The molecule has 0 N–H and O–H groups in total. The second-order valence-electron chi connectivity index (χ2n) is 6.40. The molecule has 0 atom stereocenters. The Hall–Kier alpha value is 0.314. The van der Waals surface area contributed by atoms with Crippen LogP contribution in [0.2, 0.25) is 0 Å². The van der Waals surface area contributed by atoms with Gasteiger partial charge in [-0.05, 0) is 49.9 Å². The topological polar surface area (TPSA) is 26.3 Å². The number of hydrogen-bond acceptors (Lipinski definition) is 2. The Balaban J connectivity index is 0.00000220. The van der Waals surface area contributed by atoms with Gasteiger partial charge in [0.05, 0.1) is 6.61 Å². The molecule has 0 aliphatic heterocycles. The van der Waals surface area contributed by atoms with Crippen LogP contribution in [0.25, 0.3) is 0 Å². The van der Waals surface area contributed by atoms with Gasteiger partial charge in [-0.15, -0.1) is 0 Å². The molecule has 0 aromatic heterocycles. The third kappa shape index (κ3) is 6.95. The zero-order valence-corrected chi connectivity index (χ0v) is 16.3. The number of hydrogen-bond donors (Lipinski definition) is 0. The van der Waals surface area contributed by atoms with E-state index < -0.39 is 0 Å². The van der Waals surface area contributed by atoms with E-state index in [-0.39, 0.29) is 38.7 Å². The van der Waals surface area contributed by atoms with E-state index in [2.05, 4.69) is 12.5 Å². The maximum Gasteiger partial charge on any atom is 0.330 e. The van der Waals surface area contributed by atoms with Crippen molar-refractivity contribution in [3.8, 4) is 0 Å². The summed E-state index contributed by atoms with van der Waals surface area (Å²) >= 11 is 0. The fraction of sp³-hybridized carbons (Fsp3) is 0.778. The Morgan fingerprint density at radius 2 is 1.71 bits per heavy atom. The Morgan fingerprint density at radius 1 is 1.10 bits per heavy atom. The van der Waals surface area contributed by atoms with Crippen molar-refractivity contribution in [2.45, 2.75) is 64.7 Å². The first-order chi connectivity index (χ1) is 9.79. The van der Waals surface area contributed by atoms with Crippen LogP contribution in [0.5, 0.6) is 0 Å². The molecule has 2 rings (SSSR count). The largest absolute Gasteiger partial charge is 0.463 e. The van der Waals surface area contributed by atoms with E-state index in [0.29, 0.717) is 12.5 Å². The molecule has 0 heterocycles. The second-order valence-corrected chi connectivity index (χ2v) is 6.40. The summed E-state index contributed by atoms with van der Waals surface area (Å²) in [5.41, 5.74) is 0. The van der Waals surface area contributed by atoms with Gasteiger partial charge < -0.3 is 11.2 Å². The summed E-state index contributed by atoms with van der Waals surface area (Å²) in [5, 5.41) is 0. The summed E-state index contributed by atoms with van der Waals surface area (Å²) in [7, 11) is 0. The van der Waals surface area contributed by atoms with E-state index in [4.69, 9.17) is 4.74 Å². The number of ether oxygens (including phenoxy) is 1. The number of carbonyl (C=O) groups excluding carboxylic acids is 1. The normalized spacial score (nSPS) is 27.3. The van der Waals surface area contributed by atoms with Crippen LogP contribution < -0.4 is 0 Å². The first-order valence-electron chi connectivity index (χ1n) is 8.46. The van der Waals surface area contributed by atoms with Gasteiger partial charge in [0, 0.05) is 38.8 Å². The number of carbonyl (C=O) groups is 1. The van der Waals surface area contributed by atoms with Gasteiger partial charge in [0.25, 0.3) is 0 Å². The van der Waals surface area contributed by atoms with Crippen molar-refractivity contribution >= 4 is 5.97 Å². The summed E-state index contributed by atoms with van der Waals surface area (Å²) in [5.74, 6) is 2.34. The SMILES string of the molecule is CCCOC(=O)C=CC1CCC(C2CC[CH-]CC2)CC1.[Y]. The third-order valence-electron chi connectivity index (χ3n) is 4.92. The molecule has 1 radical (unpaired) electrons. The molecule has 0 unspecified atom stereocenters. The molecule has 3 heteroatoms. The molecule has 117 valence electrons. The van der Waals surface area contributed by atoms with Gasteiger partial charge in [0.15, 0.2) is 0 Å². The molecule has 21 heavy (non-hydrogen) atoms. The van der Waals surface area contributed by atoms with Crippen LogP contribution in [-0.2, 0) is 42.2 Å². The Morgan fingerprint density at radius 3 is 2.33 bits per heavy atom. The number of rotatable bonds is 5. The molecule has 2 saturated carbocycles. The van der Waals surface area contributed by atoms with Crippen LogP contribution in [0.3, 0.4) is 0 Å². The quantitative estimate of drug-likeness (QED) is 0.401. The average molecular weight is 366 g/mol. The third-order valence-corrected chi connectivity index (χ3v) is 4.92. The molecule has 0 bridgehead atoms. The summed E-state index contributed by atoms with van der Waals surface area (Å²) in [6.45, 7) is 2.55. The minimum atomic E-state index is -0.170. The van der Waals surface area contributed by atoms with Crippen molar-refractivity contribution in [1.29, 1.82) is 0 Å². The van der Waals surface area contributed by atoms with E-state index in [9.17, 15) is 4.79 Å². The zero-order valence-electron chi connectivity index (χ0n) is 13.4. The molecule has 0 amide bonds. The first-order valence-corrected chi connectivity index (χ1v) is 8.46. The molecular weight excluding hydrogens is 337 g/mol. The van der Waals surface area contributed by atoms with Gasteiger partial charge in [-0.1, -0.05) is 25.8 Å². The zero-order chi connectivity index (χ0) is 14.2. The van der Waals surface area contributed by atoms with Crippen LogP contribution in [0.1, 0.15) is 64.7 Å². The van der Waals surface area contributed by atoms with Gasteiger partial charge in [0.1, 0.15) is 0 Å². The molecule has 0 aromatic rings. The Bertz CT molecular complexity index is 313. The van der Waals surface area contributed by atoms with Crippen molar-refractivity contribution in [1.82, 2.24) is 0 Å². The minimum absolute atomic E-state index is 0. The molecular formula is C18H29O2Y-. The maximum atomic E-state index is 11.4. The number of allylic oxidation sites excluding steroid dienone is 1. The van der Waals surface area contributed by atoms with Gasteiger partial charge in [0.2, 0.25) is 0 Å². The molecule has 0 saturated heterocycles. The Labute approximate surface area is 155 Å². The standard InChI is InChI=1S/C18H29O2.Y/c1-2-14-20-18(19)13-10-15-8-11-17(12-9-15)16-6-4-3-5-7-16;/h3,10,13,15-17H,2,4-9,11-12,14H2,1H3;/q-1;. The predicted octanol–water partition coefficient (Wildman–Crippen LogP) is 4.69. The van der Waals surface area contributed by atoms with Gasteiger partial charge in [-0.2, -0.15) is 12.8 Å². The first kappa shape index (κ1) is 19.4. The average Bonchev–Trinajstić information content (AvgIpc) is 2.52. The van der Waals surface area contributed by atoms with Crippen molar-refractivity contribution in [3.05, 3.63) is 18.6 Å². The van der Waals surface area contributed by atoms with E-state index in [0.717, 1.165) is 18.3 Å². The fourth-order valence-electron chi connectivity index (χ4n) is 3.70. The minimum Gasteiger partial charge on any atom is -0.463 e. The number of esters is 1. The van der Waals surface area contributed by atoms with E-state index in [1.54, 1.807) is 6.08 Å². The molecule has 2 aliphatic carbocycles. The molecule has 0 aromatic carbocycles. The molecule has 2 fully saturated rings. The monoisotopic (exact) mass is 366 g/mol. The second kappa shape index (κ2) is 10.9. The van der Waals surface area contributed by atoms with Crippen molar-refractivity contribution in [3.63, 3.8) is 0 Å². The van der Waals surface area contributed by atoms with Gasteiger partial charge >= 0.3 is 5.97 Å².